The fraction of sp³-hybridized carbons (Fsp3) is 0.333. The van der Waals surface area contributed by atoms with Crippen LogP contribution in [0.15, 0.2) is 47.4 Å². The van der Waals surface area contributed by atoms with Gasteiger partial charge in [-0.1, -0.05) is 37.3 Å². The van der Waals surface area contributed by atoms with Gasteiger partial charge in [0.1, 0.15) is 5.75 Å². The van der Waals surface area contributed by atoms with Gasteiger partial charge in [0.05, 0.1) is 12.0 Å². The molecule has 0 unspecified atom stereocenters. The molecule has 4 nitrogen and oxygen atoms in total. The molecule has 0 bridgehead atoms. The number of hydrogen-bond donors (Lipinski definition) is 0. The first-order valence-electron chi connectivity index (χ1n) is 7.60. The number of benzene rings is 2. The zero-order valence-electron chi connectivity index (χ0n) is 14.0. The van der Waals surface area contributed by atoms with Crippen molar-refractivity contribution in [1.82, 2.24) is 4.31 Å². The van der Waals surface area contributed by atoms with Gasteiger partial charge < -0.3 is 4.74 Å². The van der Waals surface area contributed by atoms with E-state index >= 15 is 0 Å². The summed E-state index contributed by atoms with van der Waals surface area (Å²) in [6.07, 6.45) is 0. The molecule has 0 spiro atoms. The van der Waals surface area contributed by atoms with Gasteiger partial charge in [-0.2, -0.15) is 4.31 Å². The fourth-order valence-corrected chi connectivity index (χ4v) is 4.28. The van der Waals surface area contributed by atoms with Gasteiger partial charge in [0.25, 0.3) is 0 Å². The molecule has 0 atom stereocenters. The summed E-state index contributed by atoms with van der Waals surface area (Å²) in [5, 5.41) is 0. The molecular formula is C18H23NO3S. The molecule has 0 fully saturated rings. The van der Waals surface area contributed by atoms with Crippen LogP contribution in [0.25, 0.3) is 0 Å². The molecule has 2 aromatic rings. The van der Waals surface area contributed by atoms with E-state index in [2.05, 4.69) is 0 Å². The molecule has 0 aromatic heterocycles. The van der Waals surface area contributed by atoms with E-state index in [1.807, 2.05) is 51.1 Å². The summed E-state index contributed by atoms with van der Waals surface area (Å²) in [5.41, 5.74) is 2.56. The Labute approximate surface area is 138 Å². The largest absolute Gasteiger partial charge is 0.496 e. The third kappa shape index (κ3) is 3.57. The molecule has 0 amide bonds. The summed E-state index contributed by atoms with van der Waals surface area (Å²) in [6, 6.07) is 13.0. The van der Waals surface area contributed by atoms with E-state index in [0.717, 1.165) is 16.7 Å². The van der Waals surface area contributed by atoms with Crippen molar-refractivity contribution in [2.75, 3.05) is 13.7 Å². The highest BCUT2D eigenvalue weighted by atomic mass is 32.2. The van der Waals surface area contributed by atoms with Gasteiger partial charge in [-0.25, -0.2) is 8.42 Å². The van der Waals surface area contributed by atoms with Crippen molar-refractivity contribution in [1.29, 1.82) is 0 Å². The minimum absolute atomic E-state index is 0.341. The Morgan fingerprint density at radius 3 is 2.22 bits per heavy atom. The average Bonchev–Trinajstić information content (AvgIpc) is 2.55. The Morgan fingerprint density at radius 1 is 1.00 bits per heavy atom. The van der Waals surface area contributed by atoms with Gasteiger partial charge in [0, 0.05) is 13.1 Å². The number of hydrogen-bond acceptors (Lipinski definition) is 3. The zero-order chi connectivity index (χ0) is 17.0. The Morgan fingerprint density at radius 2 is 1.65 bits per heavy atom. The molecule has 0 saturated carbocycles. The Hall–Kier alpha value is -1.85. The maximum absolute atomic E-state index is 13.0. The molecule has 2 rings (SSSR count). The van der Waals surface area contributed by atoms with Crippen LogP contribution in [0, 0.1) is 13.8 Å². The van der Waals surface area contributed by atoms with Crippen molar-refractivity contribution in [3.05, 3.63) is 59.2 Å². The molecule has 0 aliphatic carbocycles. The lowest BCUT2D eigenvalue weighted by atomic mass is 10.1. The maximum atomic E-state index is 13.0. The van der Waals surface area contributed by atoms with E-state index in [1.165, 1.54) is 4.31 Å². The number of methoxy groups -OCH3 is 1. The monoisotopic (exact) mass is 333 g/mol. The van der Waals surface area contributed by atoms with Gasteiger partial charge in [-0.05, 0) is 42.7 Å². The normalized spacial score (nSPS) is 11.7. The summed E-state index contributed by atoms with van der Waals surface area (Å²) in [5.74, 6) is 0.701. The number of sulfonamides is 1. The predicted molar refractivity (Wildman–Crippen MR) is 92.2 cm³/mol. The summed E-state index contributed by atoms with van der Waals surface area (Å²) < 4.78 is 32.8. The van der Waals surface area contributed by atoms with Gasteiger partial charge in [-0.3, -0.25) is 0 Å². The molecule has 0 radical (unpaired) electrons. The third-order valence-electron chi connectivity index (χ3n) is 4.08. The van der Waals surface area contributed by atoms with Crippen LogP contribution in [0.4, 0.5) is 0 Å². The second kappa shape index (κ2) is 7.15. The van der Waals surface area contributed by atoms with E-state index < -0.39 is 10.0 Å². The highest BCUT2D eigenvalue weighted by molar-refractivity contribution is 7.89. The summed E-state index contributed by atoms with van der Waals surface area (Å²) >= 11 is 0. The van der Waals surface area contributed by atoms with Crippen molar-refractivity contribution in [2.45, 2.75) is 32.2 Å². The zero-order valence-corrected chi connectivity index (χ0v) is 14.9. The van der Waals surface area contributed by atoms with Crippen LogP contribution in [-0.4, -0.2) is 26.4 Å². The molecule has 23 heavy (non-hydrogen) atoms. The standard InChI is InChI=1S/C18H23NO3S/c1-5-19(13-16-9-7-6-8-10-16)23(20,21)18-12-11-17(22-4)14(2)15(18)3/h6-12H,5,13H2,1-4H3. The van der Waals surface area contributed by atoms with Crippen molar-refractivity contribution in [3.63, 3.8) is 0 Å². The molecule has 5 heteroatoms. The predicted octanol–water partition coefficient (Wildman–Crippen LogP) is 3.52. The van der Waals surface area contributed by atoms with Crippen LogP contribution in [0.1, 0.15) is 23.6 Å². The van der Waals surface area contributed by atoms with Crippen LogP contribution in [-0.2, 0) is 16.6 Å². The number of ether oxygens (including phenoxy) is 1. The molecule has 0 aliphatic heterocycles. The summed E-state index contributed by atoms with van der Waals surface area (Å²) in [6.45, 7) is 6.33. The Kier molecular flexibility index (Phi) is 5.44. The second-order valence-corrected chi connectivity index (χ2v) is 7.34. The van der Waals surface area contributed by atoms with E-state index in [9.17, 15) is 8.42 Å². The molecule has 0 heterocycles. The van der Waals surface area contributed by atoms with E-state index in [0.29, 0.717) is 23.7 Å². The molecule has 0 aliphatic rings. The van der Waals surface area contributed by atoms with E-state index in [-0.39, 0.29) is 0 Å². The second-order valence-electron chi connectivity index (χ2n) is 5.43. The van der Waals surface area contributed by atoms with Gasteiger partial charge >= 0.3 is 0 Å². The van der Waals surface area contributed by atoms with Crippen LogP contribution in [0.3, 0.4) is 0 Å². The van der Waals surface area contributed by atoms with Crippen LogP contribution >= 0.6 is 0 Å². The molecule has 2 aromatic carbocycles. The first-order chi connectivity index (χ1) is 10.9. The Balaban J connectivity index is 2.42. The first-order valence-corrected chi connectivity index (χ1v) is 9.04. The molecule has 0 N–H and O–H groups in total. The molecular weight excluding hydrogens is 310 g/mol. The molecule has 0 saturated heterocycles. The fourth-order valence-electron chi connectivity index (χ4n) is 2.56. The highest BCUT2D eigenvalue weighted by Crippen LogP contribution is 2.29. The van der Waals surface area contributed by atoms with Crippen LogP contribution in [0.2, 0.25) is 0 Å². The van der Waals surface area contributed by atoms with Gasteiger partial charge in [-0.15, -0.1) is 0 Å². The van der Waals surface area contributed by atoms with Crippen molar-refractivity contribution in [2.24, 2.45) is 0 Å². The molecule has 124 valence electrons. The lowest BCUT2D eigenvalue weighted by molar-refractivity contribution is 0.409. The summed E-state index contributed by atoms with van der Waals surface area (Å²) in [4.78, 5) is 0.341. The lowest BCUT2D eigenvalue weighted by Gasteiger charge is -2.22. The minimum Gasteiger partial charge on any atom is -0.496 e. The minimum atomic E-state index is -3.55. The van der Waals surface area contributed by atoms with E-state index in [4.69, 9.17) is 4.74 Å². The highest BCUT2D eigenvalue weighted by Gasteiger charge is 2.26. The lowest BCUT2D eigenvalue weighted by Crippen LogP contribution is -2.31. The third-order valence-corrected chi connectivity index (χ3v) is 6.15. The quantitative estimate of drug-likeness (QED) is 0.812. The van der Waals surface area contributed by atoms with Gasteiger partial charge in [0.15, 0.2) is 0 Å². The first kappa shape index (κ1) is 17.5. The van der Waals surface area contributed by atoms with Crippen LogP contribution < -0.4 is 4.74 Å². The topological polar surface area (TPSA) is 46.6 Å². The van der Waals surface area contributed by atoms with E-state index in [1.54, 1.807) is 19.2 Å². The van der Waals surface area contributed by atoms with Crippen molar-refractivity contribution in [3.8, 4) is 5.75 Å². The number of rotatable bonds is 6. The average molecular weight is 333 g/mol. The smallest absolute Gasteiger partial charge is 0.243 e. The van der Waals surface area contributed by atoms with Crippen LogP contribution in [0.5, 0.6) is 5.75 Å². The Bertz CT molecular complexity index is 770. The maximum Gasteiger partial charge on any atom is 0.243 e. The SMILES string of the molecule is CCN(Cc1ccccc1)S(=O)(=O)c1ccc(OC)c(C)c1C. The van der Waals surface area contributed by atoms with Crippen molar-refractivity contribution >= 4 is 10.0 Å². The number of nitrogens with zero attached hydrogens (tertiary/aromatic N) is 1. The summed E-state index contributed by atoms with van der Waals surface area (Å²) in [7, 11) is -1.96. The van der Waals surface area contributed by atoms with Gasteiger partial charge in [0.2, 0.25) is 10.0 Å². The van der Waals surface area contributed by atoms with Crippen molar-refractivity contribution < 1.29 is 13.2 Å².